The van der Waals surface area contributed by atoms with Gasteiger partial charge in [-0.1, -0.05) is 18.2 Å². The number of pyridine rings is 1. The highest BCUT2D eigenvalue weighted by molar-refractivity contribution is 6.07. The van der Waals surface area contributed by atoms with Gasteiger partial charge in [0.05, 0.1) is 30.6 Å². The number of rotatable bonds is 8. The molecule has 130 valence electrons. The molecule has 6 heteroatoms. The van der Waals surface area contributed by atoms with E-state index in [0.29, 0.717) is 43.2 Å². The maximum atomic E-state index is 12.6. The Balaban J connectivity index is 1.78. The summed E-state index contributed by atoms with van der Waals surface area (Å²) in [5.41, 5.74) is 1.93. The third kappa shape index (κ3) is 4.23. The zero-order valence-electron chi connectivity index (χ0n) is 13.8. The maximum Gasteiger partial charge on any atom is 0.252 e. The largest absolute Gasteiger partial charge is 0.463 e. The number of benzene rings is 1. The van der Waals surface area contributed by atoms with E-state index in [1.807, 2.05) is 30.3 Å². The standard InChI is InChI=1S/C19H20N2O4/c22-9-12-24-10-4-8-20-19(23)15-13-17(18-7-3-11-25-18)21-16-6-2-1-5-14(15)16/h1-3,5-7,11,13,22H,4,8-10,12H2,(H,20,23). The minimum absolute atomic E-state index is 0.00488. The van der Waals surface area contributed by atoms with Crippen LogP contribution in [0.4, 0.5) is 0 Å². The molecule has 0 atom stereocenters. The lowest BCUT2D eigenvalue weighted by Gasteiger charge is -2.10. The van der Waals surface area contributed by atoms with Crippen molar-refractivity contribution in [3.8, 4) is 11.5 Å². The summed E-state index contributed by atoms with van der Waals surface area (Å²) in [5, 5.41) is 12.4. The second kappa shape index (κ2) is 8.41. The second-order valence-electron chi connectivity index (χ2n) is 5.49. The lowest BCUT2D eigenvalue weighted by Crippen LogP contribution is -2.25. The van der Waals surface area contributed by atoms with Crippen molar-refractivity contribution in [3.63, 3.8) is 0 Å². The summed E-state index contributed by atoms with van der Waals surface area (Å²) in [7, 11) is 0. The Kier molecular flexibility index (Phi) is 5.77. The molecule has 1 aromatic carbocycles. The molecule has 0 aliphatic rings. The van der Waals surface area contributed by atoms with Crippen molar-refractivity contribution >= 4 is 16.8 Å². The third-order valence-electron chi connectivity index (χ3n) is 3.72. The van der Waals surface area contributed by atoms with Crippen molar-refractivity contribution in [2.75, 3.05) is 26.4 Å². The number of aliphatic hydroxyl groups is 1. The van der Waals surface area contributed by atoms with E-state index in [9.17, 15) is 4.79 Å². The minimum Gasteiger partial charge on any atom is -0.463 e. The van der Waals surface area contributed by atoms with Crippen molar-refractivity contribution in [1.29, 1.82) is 0 Å². The first-order chi connectivity index (χ1) is 12.3. The van der Waals surface area contributed by atoms with Gasteiger partial charge in [0, 0.05) is 18.5 Å². The van der Waals surface area contributed by atoms with E-state index in [4.69, 9.17) is 14.3 Å². The fourth-order valence-electron chi connectivity index (χ4n) is 2.55. The Morgan fingerprint density at radius 2 is 2.08 bits per heavy atom. The van der Waals surface area contributed by atoms with Crippen LogP contribution in [-0.4, -0.2) is 42.4 Å². The van der Waals surface area contributed by atoms with Crippen LogP contribution in [0.25, 0.3) is 22.4 Å². The van der Waals surface area contributed by atoms with E-state index in [-0.39, 0.29) is 12.5 Å². The number of furan rings is 1. The van der Waals surface area contributed by atoms with E-state index in [1.54, 1.807) is 18.4 Å². The number of carbonyl (C=O) groups is 1. The Labute approximate surface area is 145 Å². The van der Waals surface area contributed by atoms with Crippen LogP contribution in [0.1, 0.15) is 16.8 Å². The molecule has 0 unspecified atom stereocenters. The predicted octanol–water partition coefficient (Wildman–Crippen LogP) is 2.62. The van der Waals surface area contributed by atoms with E-state index in [2.05, 4.69) is 10.3 Å². The van der Waals surface area contributed by atoms with Gasteiger partial charge in [-0.2, -0.15) is 0 Å². The Bertz CT molecular complexity index is 831. The maximum absolute atomic E-state index is 12.6. The summed E-state index contributed by atoms with van der Waals surface area (Å²) in [6, 6.07) is 12.9. The zero-order chi connectivity index (χ0) is 17.5. The van der Waals surface area contributed by atoms with Gasteiger partial charge in [-0.3, -0.25) is 4.79 Å². The fourth-order valence-corrected chi connectivity index (χ4v) is 2.55. The summed E-state index contributed by atoms with van der Waals surface area (Å²) in [5.74, 6) is 0.464. The van der Waals surface area contributed by atoms with Gasteiger partial charge in [-0.25, -0.2) is 4.98 Å². The molecule has 0 radical (unpaired) electrons. The Morgan fingerprint density at radius 3 is 2.88 bits per heavy atom. The highest BCUT2D eigenvalue weighted by atomic mass is 16.5. The van der Waals surface area contributed by atoms with E-state index in [1.165, 1.54) is 0 Å². The number of hydrogen-bond donors (Lipinski definition) is 2. The number of para-hydroxylation sites is 1. The number of fused-ring (bicyclic) bond motifs is 1. The monoisotopic (exact) mass is 340 g/mol. The zero-order valence-corrected chi connectivity index (χ0v) is 13.8. The number of carbonyl (C=O) groups excluding carboxylic acids is 1. The molecule has 0 bridgehead atoms. The first-order valence-corrected chi connectivity index (χ1v) is 8.20. The Morgan fingerprint density at radius 1 is 1.20 bits per heavy atom. The van der Waals surface area contributed by atoms with Crippen LogP contribution in [0.2, 0.25) is 0 Å². The molecule has 0 saturated heterocycles. The van der Waals surface area contributed by atoms with Crippen molar-refractivity contribution in [1.82, 2.24) is 10.3 Å². The molecule has 3 aromatic rings. The molecule has 25 heavy (non-hydrogen) atoms. The summed E-state index contributed by atoms with van der Waals surface area (Å²) in [6.07, 6.45) is 2.26. The molecule has 2 N–H and O–H groups in total. The second-order valence-corrected chi connectivity index (χ2v) is 5.49. The lowest BCUT2D eigenvalue weighted by atomic mass is 10.1. The highest BCUT2D eigenvalue weighted by Crippen LogP contribution is 2.25. The van der Waals surface area contributed by atoms with Crippen LogP contribution in [0.3, 0.4) is 0 Å². The van der Waals surface area contributed by atoms with E-state index in [0.717, 1.165) is 10.9 Å². The summed E-state index contributed by atoms with van der Waals surface area (Å²) >= 11 is 0. The molecule has 0 saturated carbocycles. The average molecular weight is 340 g/mol. The van der Waals surface area contributed by atoms with Gasteiger partial charge < -0.3 is 19.6 Å². The van der Waals surface area contributed by atoms with Crippen LogP contribution in [0.15, 0.2) is 53.1 Å². The molecule has 0 aliphatic carbocycles. The molecule has 0 fully saturated rings. The number of nitrogens with one attached hydrogen (secondary N) is 1. The van der Waals surface area contributed by atoms with E-state index < -0.39 is 0 Å². The number of hydrogen-bond acceptors (Lipinski definition) is 5. The third-order valence-corrected chi connectivity index (χ3v) is 3.72. The van der Waals surface area contributed by atoms with Gasteiger partial charge in [-0.05, 0) is 30.7 Å². The van der Waals surface area contributed by atoms with Gasteiger partial charge in [0.1, 0.15) is 5.69 Å². The SMILES string of the molecule is O=C(NCCCOCCO)c1cc(-c2ccco2)nc2ccccc12. The van der Waals surface area contributed by atoms with Crippen LogP contribution in [0, 0.1) is 0 Å². The number of nitrogens with zero attached hydrogens (tertiary/aromatic N) is 1. The van der Waals surface area contributed by atoms with Crippen molar-refractivity contribution in [2.24, 2.45) is 0 Å². The van der Waals surface area contributed by atoms with Gasteiger partial charge in [-0.15, -0.1) is 0 Å². The summed E-state index contributed by atoms with van der Waals surface area (Å²) in [4.78, 5) is 17.2. The normalized spacial score (nSPS) is 10.9. The summed E-state index contributed by atoms with van der Waals surface area (Å²) in [6.45, 7) is 1.31. The smallest absolute Gasteiger partial charge is 0.252 e. The fraction of sp³-hybridized carbons (Fsp3) is 0.263. The molecule has 3 rings (SSSR count). The topological polar surface area (TPSA) is 84.6 Å². The molecule has 6 nitrogen and oxygen atoms in total. The van der Waals surface area contributed by atoms with Crippen LogP contribution >= 0.6 is 0 Å². The summed E-state index contributed by atoms with van der Waals surface area (Å²) < 4.78 is 10.6. The molecule has 0 aliphatic heterocycles. The molecular formula is C19H20N2O4. The van der Waals surface area contributed by atoms with E-state index >= 15 is 0 Å². The van der Waals surface area contributed by atoms with Crippen molar-refractivity contribution in [2.45, 2.75) is 6.42 Å². The first-order valence-electron chi connectivity index (χ1n) is 8.20. The first kappa shape index (κ1) is 17.1. The average Bonchev–Trinajstić information content (AvgIpc) is 3.18. The highest BCUT2D eigenvalue weighted by Gasteiger charge is 2.14. The number of ether oxygens (including phenoxy) is 1. The van der Waals surface area contributed by atoms with Crippen LogP contribution < -0.4 is 5.32 Å². The minimum atomic E-state index is -0.159. The van der Waals surface area contributed by atoms with Gasteiger partial charge in [0.15, 0.2) is 5.76 Å². The Hall–Kier alpha value is -2.70. The van der Waals surface area contributed by atoms with Crippen LogP contribution in [-0.2, 0) is 4.74 Å². The molecular weight excluding hydrogens is 320 g/mol. The van der Waals surface area contributed by atoms with Gasteiger partial charge in [0.25, 0.3) is 5.91 Å². The van der Waals surface area contributed by atoms with Crippen LogP contribution in [0.5, 0.6) is 0 Å². The number of aromatic nitrogens is 1. The molecule has 2 heterocycles. The molecule has 0 spiro atoms. The number of aliphatic hydroxyl groups excluding tert-OH is 1. The number of amides is 1. The van der Waals surface area contributed by atoms with Gasteiger partial charge in [0.2, 0.25) is 0 Å². The van der Waals surface area contributed by atoms with Crippen molar-refractivity contribution < 1.29 is 19.1 Å². The van der Waals surface area contributed by atoms with Gasteiger partial charge >= 0.3 is 0 Å². The molecule has 2 aromatic heterocycles. The molecule has 1 amide bonds. The lowest BCUT2D eigenvalue weighted by molar-refractivity contribution is 0.0868. The van der Waals surface area contributed by atoms with Crippen molar-refractivity contribution in [3.05, 3.63) is 54.3 Å². The quantitative estimate of drug-likeness (QED) is 0.616. The predicted molar refractivity (Wildman–Crippen MR) is 94.3 cm³/mol.